The maximum Gasteiger partial charge on any atom is 0.132 e. The third-order valence-electron chi connectivity index (χ3n) is 3.80. The topological polar surface area (TPSA) is 45.0 Å². The molecule has 3 nitrogen and oxygen atoms in total. The number of ether oxygens (including phenoxy) is 1. The number of rotatable bonds is 5. The molecule has 0 saturated heterocycles. The average Bonchev–Trinajstić information content (AvgIpc) is 2.48. The molecule has 0 radical (unpaired) electrons. The molecule has 4 heteroatoms. The van der Waals surface area contributed by atoms with Gasteiger partial charge >= 0.3 is 0 Å². The van der Waals surface area contributed by atoms with Crippen LogP contribution in [0.3, 0.4) is 0 Å². The Balaban J connectivity index is 2.08. The number of para-hydroxylation sites is 1. The Morgan fingerprint density at radius 1 is 1.50 bits per heavy atom. The van der Waals surface area contributed by atoms with Crippen LogP contribution in [0.4, 0.5) is 0 Å². The molecule has 1 fully saturated rings. The molecule has 0 spiro atoms. The molecule has 0 aromatic heterocycles. The predicted molar refractivity (Wildman–Crippen MR) is 83.1 cm³/mol. The van der Waals surface area contributed by atoms with Crippen LogP contribution >= 0.6 is 11.8 Å². The van der Waals surface area contributed by atoms with Gasteiger partial charge in [-0.3, -0.25) is 5.32 Å². The van der Waals surface area contributed by atoms with Crippen molar-refractivity contribution in [1.29, 1.82) is 5.26 Å². The highest BCUT2D eigenvalue weighted by atomic mass is 32.2. The van der Waals surface area contributed by atoms with Crippen molar-refractivity contribution in [3.05, 3.63) is 24.3 Å². The van der Waals surface area contributed by atoms with E-state index < -0.39 is 0 Å². The molecule has 20 heavy (non-hydrogen) atoms. The van der Waals surface area contributed by atoms with Crippen molar-refractivity contribution in [2.75, 3.05) is 13.7 Å². The van der Waals surface area contributed by atoms with Gasteiger partial charge in [0.1, 0.15) is 11.3 Å². The first-order chi connectivity index (χ1) is 9.73. The van der Waals surface area contributed by atoms with Gasteiger partial charge in [-0.1, -0.05) is 19.1 Å². The predicted octanol–water partition coefficient (Wildman–Crippen LogP) is 3.60. The van der Waals surface area contributed by atoms with Gasteiger partial charge in [0.15, 0.2) is 0 Å². The van der Waals surface area contributed by atoms with Crippen molar-refractivity contribution in [3.8, 4) is 11.8 Å². The summed E-state index contributed by atoms with van der Waals surface area (Å²) in [5.41, 5.74) is -0.341. The van der Waals surface area contributed by atoms with Crippen LogP contribution in [-0.4, -0.2) is 24.4 Å². The summed E-state index contributed by atoms with van der Waals surface area (Å²) in [5, 5.41) is 13.4. The zero-order chi connectivity index (χ0) is 14.4. The molecule has 0 bridgehead atoms. The quantitative estimate of drug-likeness (QED) is 0.900. The van der Waals surface area contributed by atoms with Gasteiger partial charge in [0.25, 0.3) is 0 Å². The maximum atomic E-state index is 9.51. The number of hydrogen-bond donors (Lipinski definition) is 1. The highest BCUT2D eigenvalue weighted by molar-refractivity contribution is 8.00. The molecular formula is C16H22N2OS. The van der Waals surface area contributed by atoms with Crippen molar-refractivity contribution >= 4 is 11.8 Å². The minimum Gasteiger partial charge on any atom is -0.496 e. The molecule has 2 unspecified atom stereocenters. The van der Waals surface area contributed by atoms with Crippen molar-refractivity contribution in [1.82, 2.24) is 5.32 Å². The molecule has 0 aliphatic heterocycles. The molecule has 0 amide bonds. The van der Waals surface area contributed by atoms with Crippen LogP contribution in [0.1, 0.15) is 32.6 Å². The van der Waals surface area contributed by atoms with E-state index in [4.69, 9.17) is 4.74 Å². The SMILES string of the molecule is CCNC1(C#N)CCCC(Sc2ccccc2OC)C1. The smallest absolute Gasteiger partial charge is 0.132 e. The van der Waals surface area contributed by atoms with Crippen molar-refractivity contribution in [2.45, 2.75) is 48.3 Å². The van der Waals surface area contributed by atoms with Crippen LogP contribution in [0.15, 0.2) is 29.2 Å². The molecule has 2 atom stereocenters. The van der Waals surface area contributed by atoms with E-state index in [9.17, 15) is 5.26 Å². The van der Waals surface area contributed by atoms with Crippen LogP contribution in [0.25, 0.3) is 0 Å². The lowest BCUT2D eigenvalue weighted by atomic mass is 9.82. The monoisotopic (exact) mass is 290 g/mol. The van der Waals surface area contributed by atoms with Gasteiger partial charge in [0.2, 0.25) is 0 Å². The average molecular weight is 290 g/mol. The minimum atomic E-state index is -0.341. The van der Waals surface area contributed by atoms with E-state index in [0.29, 0.717) is 5.25 Å². The molecule has 2 rings (SSSR count). The molecule has 1 saturated carbocycles. The number of nitriles is 1. The Bertz CT molecular complexity index is 482. The van der Waals surface area contributed by atoms with Crippen molar-refractivity contribution < 1.29 is 4.74 Å². The van der Waals surface area contributed by atoms with E-state index in [1.54, 1.807) is 7.11 Å². The number of benzene rings is 1. The summed E-state index contributed by atoms with van der Waals surface area (Å²) in [6, 6.07) is 10.6. The molecule has 1 aliphatic carbocycles. The van der Waals surface area contributed by atoms with E-state index in [0.717, 1.165) is 38.0 Å². The Morgan fingerprint density at radius 2 is 2.30 bits per heavy atom. The highest BCUT2D eigenvalue weighted by Crippen LogP contribution is 2.40. The Morgan fingerprint density at radius 3 is 3.00 bits per heavy atom. The standard InChI is InChI=1S/C16H22N2OS/c1-3-18-16(12-17)10-6-7-13(11-16)20-15-9-5-4-8-14(15)19-2/h4-5,8-9,13,18H,3,6-7,10-11H2,1-2H3. The molecular weight excluding hydrogens is 268 g/mol. The van der Waals surface area contributed by atoms with E-state index >= 15 is 0 Å². The second-order valence-corrected chi connectivity index (χ2v) is 6.55. The lowest BCUT2D eigenvalue weighted by Gasteiger charge is -2.36. The molecule has 1 N–H and O–H groups in total. The highest BCUT2D eigenvalue weighted by Gasteiger charge is 2.36. The number of nitrogens with one attached hydrogen (secondary N) is 1. The van der Waals surface area contributed by atoms with Gasteiger partial charge in [0, 0.05) is 10.1 Å². The molecule has 0 heterocycles. The van der Waals surface area contributed by atoms with E-state index in [1.807, 2.05) is 30.0 Å². The fourth-order valence-corrected chi connectivity index (χ4v) is 4.30. The Labute approximate surface area is 125 Å². The van der Waals surface area contributed by atoms with Crippen molar-refractivity contribution in [3.63, 3.8) is 0 Å². The summed E-state index contributed by atoms with van der Waals surface area (Å²) in [6.45, 7) is 2.91. The van der Waals surface area contributed by atoms with Crippen LogP contribution in [0.5, 0.6) is 5.75 Å². The number of thioether (sulfide) groups is 1. The third-order valence-corrected chi connectivity index (χ3v) is 5.12. The molecule has 108 valence electrons. The summed E-state index contributed by atoms with van der Waals surface area (Å²) < 4.78 is 5.41. The summed E-state index contributed by atoms with van der Waals surface area (Å²) in [6.07, 6.45) is 4.13. The molecule has 1 aliphatic rings. The number of methoxy groups -OCH3 is 1. The zero-order valence-corrected chi connectivity index (χ0v) is 13.0. The summed E-state index contributed by atoms with van der Waals surface area (Å²) in [7, 11) is 1.71. The molecule has 1 aromatic carbocycles. The van der Waals surface area contributed by atoms with Crippen LogP contribution in [-0.2, 0) is 0 Å². The van der Waals surface area contributed by atoms with E-state index in [-0.39, 0.29) is 5.54 Å². The Kier molecular flexibility index (Phi) is 5.33. The van der Waals surface area contributed by atoms with Gasteiger partial charge in [-0.2, -0.15) is 5.26 Å². The van der Waals surface area contributed by atoms with Crippen LogP contribution in [0, 0.1) is 11.3 Å². The van der Waals surface area contributed by atoms with E-state index in [1.165, 1.54) is 4.90 Å². The number of hydrogen-bond acceptors (Lipinski definition) is 4. The summed E-state index contributed by atoms with van der Waals surface area (Å²) in [4.78, 5) is 1.17. The van der Waals surface area contributed by atoms with E-state index in [2.05, 4.69) is 24.4 Å². The Hall–Kier alpha value is -1.18. The normalized spacial score (nSPS) is 25.9. The van der Waals surface area contributed by atoms with Gasteiger partial charge in [-0.25, -0.2) is 0 Å². The number of nitrogens with zero attached hydrogens (tertiary/aromatic N) is 1. The van der Waals surface area contributed by atoms with Crippen LogP contribution < -0.4 is 10.1 Å². The third kappa shape index (κ3) is 3.47. The van der Waals surface area contributed by atoms with Crippen LogP contribution in [0.2, 0.25) is 0 Å². The first-order valence-corrected chi connectivity index (χ1v) is 8.07. The van der Waals surface area contributed by atoms with Gasteiger partial charge in [0.05, 0.1) is 13.2 Å². The lowest BCUT2D eigenvalue weighted by Crippen LogP contribution is -2.48. The first-order valence-electron chi connectivity index (χ1n) is 7.19. The second kappa shape index (κ2) is 7.01. The lowest BCUT2D eigenvalue weighted by molar-refractivity contribution is 0.309. The van der Waals surface area contributed by atoms with Gasteiger partial charge < -0.3 is 4.74 Å². The summed E-state index contributed by atoms with van der Waals surface area (Å²) >= 11 is 1.84. The fourth-order valence-electron chi connectivity index (χ4n) is 2.86. The van der Waals surface area contributed by atoms with Gasteiger partial charge in [-0.05, 0) is 44.4 Å². The van der Waals surface area contributed by atoms with Gasteiger partial charge in [-0.15, -0.1) is 11.8 Å². The van der Waals surface area contributed by atoms with Crippen molar-refractivity contribution in [2.24, 2.45) is 0 Å². The zero-order valence-electron chi connectivity index (χ0n) is 12.2. The maximum absolute atomic E-state index is 9.51. The summed E-state index contributed by atoms with van der Waals surface area (Å²) in [5.74, 6) is 0.925. The molecule has 1 aromatic rings. The fraction of sp³-hybridized carbons (Fsp3) is 0.562. The minimum absolute atomic E-state index is 0.341. The second-order valence-electron chi connectivity index (χ2n) is 5.21. The first kappa shape index (κ1) is 15.2. The largest absolute Gasteiger partial charge is 0.496 e.